The first-order chi connectivity index (χ1) is 11.5. The quantitative estimate of drug-likeness (QED) is 0.858. The van der Waals surface area contributed by atoms with Crippen LogP contribution in [0.4, 0.5) is 5.69 Å². The summed E-state index contributed by atoms with van der Waals surface area (Å²) in [6.07, 6.45) is 0. The predicted molar refractivity (Wildman–Crippen MR) is 95.8 cm³/mol. The lowest BCUT2D eigenvalue weighted by Crippen LogP contribution is -2.38. The number of likely N-dealkylation sites (N-methyl/N-ethyl adjacent to an activating group) is 1. The smallest absolute Gasteiger partial charge is 0.251 e. The van der Waals surface area contributed by atoms with Gasteiger partial charge in [0.25, 0.3) is 5.91 Å². The van der Waals surface area contributed by atoms with Crippen molar-refractivity contribution in [3.63, 3.8) is 0 Å². The second-order valence-electron chi connectivity index (χ2n) is 5.71. The Kier molecular flexibility index (Phi) is 5.95. The van der Waals surface area contributed by atoms with Crippen LogP contribution in [0, 0.1) is 0 Å². The minimum absolute atomic E-state index is 0.0100. The van der Waals surface area contributed by atoms with Gasteiger partial charge >= 0.3 is 0 Å². The Labute approximate surface area is 142 Å². The van der Waals surface area contributed by atoms with Crippen LogP contribution in [-0.4, -0.2) is 36.9 Å². The van der Waals surface area contributed by atoms with Crippen LogP contribution in [0.25, 0.3) is 0 Å². The highest BCUT2D eigenvalue weighted by molar-refractivity contribution is 5.95. The van der Waals surface area contributed by atoms with Crippen molar-refractivity contribution in [1.82, 2.24) is 10.2 Å². The van der Waals surface area contributed by atoms with E-state index in [4.69, 9.17) is 0 Å². The average molecular weight is 325 g/mol. The van der Waals surface area contributed by atoms with Crippen molar-refractivity contribution in [3.05, 3.63) is 65.7 Å². The third-order valence-electron chi connectivity index (χ3n) is 3.74. The third-order valence-corrected chi connectivity index (χ3v) is 3.74. The molecule has 0 aliphatic heterocycles. The zero-order valence-electron chi connectivity index (χ0n) is 14.2. The summed E-state index contributed by atoms with van der Waals surface area (Å²) in [7, 11) is 3.38. The van der Waals surface area contributed by atoms with Crippen molar-refractivity contribution in [2.45, 2.75) is 19.5 Å². The summed E-state index contributed by atoms with van der Waals surface area (Å²) in [5.41, 5.74) is 2.38. The molecule has 2 N–H and O–H groups in total. The molecule has 126 valence electrons. The van der Waals surface area contributed by atoms with Crippen LogP contribution in [0.2, 0.25) is 0 Å². The maximum absolute atomic E-state index is 12.5. The topological polar surface area (TPSA) is 61.4 Å². The number of rotatable bonds is 6. The second kappa shape index (κ2) is 8.15. The van der Waals surface area contributed by atoms with Gasteiger partial charge in [-0.1, -0.05) is 36.4 Å². The normalized spacial score (nSPS) is 11.5. The van der Waals surface area contributed by atoms with Crippen molar-refractivity contribution in [1.29, 1.82) is 0 Å². The molecule has 0 spiro atoms. The fraction of sp³-hybridized carbons (Fsp3) is 0.263. The molecular formula is C19H23N3O2. The minimum Gasteiger partial charge on any atom is -0.374 e. The van der Waals surface area contributed by atoms with Crippen molar-refractivity contribution in [2.24, 2.45) is 0 Å². The molecule has 0 aliphatic carbocycles. The van der Waals surface area contributed by atoms with Gasteiger partial charge in [-0.05, 0) is 30.7 Å². The Morgan fingerprint density at radius 3 is 2.46 bits per heavy atom. The van der Waals surface area contributed by atoms with E-state index in [0.29, 0.717) is 12.1 Å². The average Bonchev–Trinajstić information content (AvgIpc) is 2.61. The lowest BCUT2D eigenvalue weighted by atomic mass is 10.1. The van der Waals surface area contributed by atoms with Gasteiger partial charge in [0.15, 0.2) is 0 Å². The van der Waals surface area contributed by atoms with E-state index in [0.717, 1.165) is 11.3 Å². The molecule has 2 amide bonds. The van der Waals surface area contributed by atoms with E-state index >= 15 is 0 Å². The van der Waals surface area contributed by atoms with Gasteiger partial charge in [0.05, 0.1) is 0 Å². The predicted octanol–water partition coefficient (Wildman–Crippen LogP) is 2.51. The van der Waals surface area contributed by atoms with E-state index in [-0.39, 0.29) is 11.8 Å². The van der Waals surface area contributed by atoms with E-state index in [9.17, 15) is 9.59 Å². The molecular weight excluding hydrogens is 302 g/mol. The van der Waals surface area contributed by atoms with E-state index in [1.165, 1.54) is 0 Å². The van der Waals surface area contributed by atoms with Gasteiger partial charge in [-0.25, -0.2) is 0 Å². The van der Waals surface area contributed by atoms with Crippen LogP contribution < -0.4 is 10.6 Å². The van der Waals surface area contributed by atoms with Gasteiger partial charge < -0.3 is 15.5 Å². The summed E-state index contributed by atoms with van der Waals surface area (Å²) >= 11 is 0. The number of nitrogens with zero attached hydrogens (tertiary/aromatic N) is 1. The van der Waals surface area contributed by atoms with Gasteiger partial charge in [-0.15, -0.1) is 0 Å². The van der Waals surface area contributed by atoms with Gasteiger partial charge in [0.2, 0.25) is 5.91 Å². The van der Waals surface area contributed by atoms with Crippen molar-refractivity contribution in [3.8, 4) is 0 Å². The van der Waals surface area contributed by atoms with Crippen molar-refractivity contribution in [2.75, 3.05) is 19.4 Å². The molecule has 0 bridgehead atoms. The van der Waals surface area contributed by atoms with E-state index in [2.05, 4.69) is 10.6 Å². The maximum Gasteiger partial charge on any atom is 0.251 e. The number of hydrogen-bond acceptors (Lipinski definition) is 3. The molecule has 2 aromatic carbocycles. The molecule has 2 aromatic rings. The van der Waals surface area contributed by atoms with Crippen LogP contribution in [-0.2, 0) is 11.3 Å². The number of benzene rings is 2. The summed E-state index contributed by atoms with van der Waals surface area (Å²) in [6, 6.07) is 16.6. The molecule has 2 rings (SSSR count). The number of carbonyl (C=O) groups is 2. The zero-order valence-corrected chi connectivity index (χ0v) is 14.2. The van der Waals surface area contributed by atoms with Crippen LogP contribution in [0.1, 0.15) is 22.8 Å². The fourth-order valence-corrected chi connectivity index (χ4v) is 2.47. The van der Waals surface area contributed by atoms with E-state index < -0.39 is 6.04 Å². The molecule has 1 atom stereocenters. The largest absolute Gasteiger partial charge is 0.374 e. The van der Waals surface area contributed by atoms with Crippen molar-refractivity contribution < 1.29 is 9.59 Å². The number of carbonyl (C=O) groups excluding carboxylic acids is 2. The van der Waals surface area contributed by atoms with Crippen LogP contribution in [0.5, 0.6) is 0 Å². The van der Waals surface area contributed by atoms with Gasteiger partial charge in [-0.3, -0.25) is 9.59 Å². The standard InChI is InChI=1S/C19H23N3O2/c1-14(19(24)22(3)13-15-8-5-4-6-9-15)21-17-11-7-10-16(12-17)18(23)20-2/h4-12,14,21H,13H2,1-3H3,(H,20,23). The monoisotopic (exact) mass is 325 g/mol. The highest BCUT2D eigenvalue weighted by Gasteiger charge is 2.17. The lowest BCUT2D eigenvalue weighted by Gasteiger charge is -2.23. The molecule has 5 nitrogen and oxygen atoms in total. The maximum atomic E-state index is 12.5. The zero-order chi connectivity index (χ0) is 17.5. The summed E-state index contributed by atoms with van der Waals surface area (Å²) in [6.45, 7) is 2.38. The second-order valence-corrected chi connectivity index (χ2v) is 5.71. The summed E-state index contributed by atoms with van der Waals surface area (Å²) in [5, 5.41) is 5.74. The molecule has 0 aliphatic rings. The lowest BCUT2D eigenvalue weighted by molar-refractivity contribution is -0.130. The Morgan fingerprint density at radius 1 is 1.08 bits per heavy atom. The van der Waals surface area contributed by atoms with E-state index in [1.807, 2.05) is 43.3 Å². The first-order valence-corrected chi connectivity index (χ1v) is 7.89. The Bertz CT molecular complexity index is 701. The first kappa shape index (κ1) is 17.5. The minimum atomic E-state index is -0.390. The van der Waals surface area contributed by atoms with Crippen LogP contribution in [0.15, 0.2) is 54.6 Å². The van der Waals surface area contributed by atoms with Gasteiger partial charge in [0, 0.05) is 31.9 Å². The molecule has 0 aromatic heterocycles. The number of anilines is 1. The van der Waals surface area contributed by atoms with Crippen molar-refractivity contribution >= 4 is 17.5 Å². The first-order valence-electron chi connectivity index (χ1n) is 7.89. The molecule has 0 saturated heterocycles. The summed E-state index contributed by atoms with van der Waals surface area (Å²) < 4.78 is 0. The molecule has 1 unspecified atom stereocenters. The van der Waals surface area contributed by atoms with Gasteiger partial charge in [-0.2, -0.15) is 0 Å². The van der Waals surface area contributed by atoms with Crippen LogP contribution >= 0.6 is 0 Å². The molecule has 5 heteroatoms. The molecule has 0 radical (unpaired) electrons. The Balaban J connectivity index is 1.99. The summed E-state index contributed by atoms with van der Waals surface area (Å²) in [5.74, 6) is -0.164. The third kappa shape index (κ3) is 4.59. The van der Waals surface area contributed by atoms with Crippen LogP contribution in [0.3, 0.4) is 0 Å². The highest BCUT2D eigenvalue weighted by atomic mass is 16.2. The fourth-order valence-electron chi connectivity index (χ4n) is 2.47. The number of nitrogens with one attached hydrogen (secondary N) is 2. The molecule has 0 heterocycles. The Morgan fingerprint density at radius 2 is 1.79 bits per heavy atom. The molecule has 0 fully saturated rings. The SMILES string of the molecule is CNC(=O)c1cccc(NC(C)C(=O)N(C)Cc2ccccc2)c1. The molecule has 0 saturated carbocycles. The highest BCUT2D eigenvalue weighted by Crippen LogP contribution is 2.13. The summed E-state index contributed by atoms with van der Waals surface area (Å²) in [4.78, 5) is 25.9. The number of hydrogen-bond donors (Lipinski definition) is 2. The molecule has 24 heavy (non-hydrogen) atoms. The van der Waals surface area contributed by atoms with E-state index in [1.54, 1.807) is 37.2 Å². The number of amides is 2. The van der Waals surface area contributed by atoms with Gasteiger partial charge in [0.1, 0.15) is 6.04 Å². The Hall–Kier alpha value is -2.82.